The normalized spacial score (nSPS) is 12.8. The van der Waals surface area contributed by atoms with Crippen LogP contribution in [0, 0.1) is 0 Å². The van der Waals surface area contributed by atoms with Crippen LogP contribution in [0.3, 0.4) is 0 Å². The maximum absolute atomic E-state index is 9.36. The van der Waals surface area contributed by atoms with Gasteiger partial charge in [-0.15, -0.1) is 0 Å². The number of rotatable bonds is 6. The zero-order valence-electron chi connectivity index (χ0n) is 12.4. The Bertz CT molecular complexity index is 564. The monoisotopic (exact) mass is 273 g/mol. The summed E-state index contributed by atoms with van der Waals surface area (Å²) in [6, 6.07) is 12.4. The van der Waals surface area contributed by atoms with Crippen molar-refractivity contribution in [2.24, 2.45) is 0 Å². The summed E-state index contributed by atoms with van der Waals surface area (Å²) in [5, 5.41) is 15.0. The number of fused-ring (bicyclic) bond motifs is 1. The quantitative estimate of drug-likeness (QED) is 0.850. The molecule has 0 radical (unpaired) electrons. The molecule has 0 spiro atoms. The van der Waals surface area contributed by atoms with Crippen LogP contribution in [0.25, 0.3) is 10.8 Å². The van der Waals surface area contributed by atoms with Gasteiger partial charge in [0.15, 0.2) is 0 Å². The molecule has 20 heavy (non-hydrogen) atoms. The van der Waals surface area contributed by atoms with Gasteiger partial charge < -0.3 is 15.2 Å². The molecule has 1 atom stereocenters. The van der Waals surface area contributed by atoms with Gasteiger partial charge in [0.25, 0.3) is 0 Å². The van der Waals surface area contributed by atoms with Crippen LogP contribution >= 0.6 is 0 Å². The summed E-state index contributed by atoms with van der Waals surface area (Å²) < 4.78 is 5.91. The lowest BCUT2D eigenvalue weighted by Gasteiger charge is -2.17. The minimum Gasteiger partial charge on any atom is -0.491 e. The Labute approximate surface area is 120 Å². The Morgan fingerprint density at radius 2 is 1.85 bits per heavy atom. The molecule has 0 aliphatic rings. The second-order valence-electron chi connectivity index (χ2n) is 5.41. The summed E-state index contributed by atoms with van der Waals surface area (Å²) in [4.78, 5) is 0. The highest BCUT2D eigenvalue weighted by Gasteiger charge is 2.10. The highest BCUT2D eigenvalue weighted by Crippen LogP contribution is 2.28. The van der Waals surface area contributed by atoms with Crippen LogP contribution in [0.2, 0.25) is 0 Å². The van der Waals surface area contributed by atoms with E-state index in [4.69, 9.17) is 4.74 Å². The van der Waals surface area contributed by atoms with Gasteiger partial charge in [0.05, 0.1) is 12.2 Å². The molecule has 0 aliphatic carbocycles. The van der Waals surface area contributed by atoms with E-state index in [0.717, 1.165) is 11.3 Å². The van der Waals surface area contributed by atoms with Crippen molar-refractivity contribution >= 4 is 10.8 Å². The molecule has 108 valence electrons. The van der Waals surface area contributed by atoms with E-state index in [0.29, 0.717) is 13.1 Å². The maximum atomic E-state index is 9.36. The number of benzene rings is 2. The first kappa shape index (κ1) is 14.8. The number of hydrogen-bond donors (Lipinski definition) is 2. The average Bonchev–Trinajstić information content (AvgIpc) is 2.40. The molecule has 3 heteroatoms. The first-order valence-corrected chi connectivity index (χ1v) is 7.14. The first-order valence-electron chi connectivity index (χ1n) is 7.14. The molecule has 0 amide bonds. The van der Waals surface area contributed by atoms with Crippen molar-refractivity contribution in [3.05, 3.63) is 42.0 Å². The van der Waals surface area contributed by atoms with E-state index in [1.165, 1.54) is 10.8 Å². The van der Waals surface area contributed by atoms with Crippen LogP contribution in [-0.4, -0.2) is 23.9 Å². The van der Waals surface area contributed by atoms with Crippen molar-refractivity contribution in [3.63, 3.8) is 0 Å². The minimum absolute atomic E-state index is 0.145. The molecule has 0 heterocycles. The number of aliphatic hydroxyl groups excluding tert-OH is 1. The Kier molecular flexibility index (Phi) is 4.99. The van der Waals surface area contributed by atoms with Gasteiger partial charge in [-0.25, -0.2) is 0 Å². The lowest BCUT2D eigenvalue weighted by Crippen LogP contribution is -2.24. The Morgan fingerprint density at radius 3 is 2.55 bits per heavy atom. The first-order chi connectivity index (χ1) is 9.58. The second kappa shape index (κ2) is 6.73. The zero-order chi connectivity index (χ0) is 14.5. The smallest absolute Gasteiger partial charge is 0.124 e. The highest BCUT2D eigenvalue weighted by atomic mass is 16.5. The molecule has 2 rings (SSSR count). The molecular formula is C17H23NO2. The average molecular weight is 273 g/mol. The van der Waals surface area contributed by atoms with E-state index in [-0.39, 0.29) is 12.2 Å². The van der Waals surface area contributed by atoms with E-state index >= 15 is 0 Å². The molecule has 0 unspecified atom stereocenters. The molecule has 2 aromatic rings. The third-order valence-corrected chi connectivity index (χ3v) is 3.10. The summed E-state index contributed by atoms with van der Waals surface area (Å²) in [6.45, 7) is 7.10. The molecule has 0 aromatic heterocycles. The van der Waals surface area contributed by atoms with Crippen LogP contribution in [0.1, 0.15) is 26.3 Å². The van der Waals surface area contributed by atoms with Gasteiger partial charge in [-0.1, -0.05) is 30.3 Å². The van der Waals surface area contributed by atoms with Crippen LogP contribution in [0.15, 0.2) is 36.4 Å². The Balaban J connectivity index is 2.34. The van der Waals surface area contributed by atoms with Crippen molar-refractivity contribution in [3.8, 4) is 5.75 Å². The summed E-state index contributed by atoms with van der Waals surface area (Å²) in [6.07, 6.45) is -0.203. The number of aliphatic hydroxyl groups is 1. The molecule has 2 aromatic carbocycles. The zero-order valence-corrected chi connectivity index (χ0v) is 12.4. The van der Waals surface area contributed by atoms with E-state index in [2.05, 4.69) is 23.5 Å². The molecule has 2 N–H and O–H groups in total. The summed E-state index contributed by atoms with van der Waals surface area (Å²) in [5.74, 6) is 0.914. The fraction of sp³-hybridized carbons (Fsp3) is 0.412. The molecular weight excluding hydrogens is 250 g/mol. The van der Waals surface area contributed by atoms with Crippen LogP contribution in [-0.2, 0) is 6.54 Å². The summed E-state index contributed by atoms with van der Waals surface area (Å²) in [5.41, 5.74) is 1.15. The van der Waals surface area contributed by atoms with Gasteiger partial charge in [-0.2, -0.15) is 0 Å². The van der Waals surface area contributed by atoms with E-state index < -0.39 is 0 Å². The SMILES string of the molecule is CC(C)Oc1ccc2ccccc2c1CNC[C@@H](C)O. The van der Waals surface area contributed by atoms with Crippen molar-refractivity contribution < 1.29 is 9.84 Å². The standard InChI is InChI=1S/C17H23NO2/c1-12(2)20-17-9-8-14-6-4-5-7-15(14)16(17)11-18-10-13(3)19/h4-9,12-13,18-19H,10-11H2,1-3H3/t13-/m1/s1. The van der Waals surface area contributed by atoms with Crippen molar-refractivity contribution in [1.82, 2.24) is 5.32 Å². The predicted octanol–water partition coefficient (Wildman–Crippen LogP) is 3.10. The summed E-state index contributed by atoms with van der Waals surface area (Å²) >= 11 is 0. The molecule has 0 saturated heterocycles. The largest absolute Gasteiger partial charge is 0.491 e. The third kappa shape index (κ3) is 3.71. The van der Waals surface area contributed by atoms with E-state index in [9.17, 15) is 5.11 Å². The molecule has 0 fully saturated rings. The van der Waals surface area contributed by atoms with Crippen molar-refractivity contribution in [2.45, 2.75) is 39.5 Å². The maximum Gasteiger partial charge on any atom is 0.124 e. The van der Waals surface area contributed by atoms with Gasteiger partial charge in [0.1, 0.15) is 5.75 Å². The van der Waals surface area contributed by atoms with Crippen LogP contribution in [0.5, 0.6) is 5.75 Å². The highest BCUT2D eigenvalue weighted by molar-refractivity contribution is 5.87. The lowest BCUT2D eigenvalue weighted by molar-refractivity contribution is 0.190. The van der Waals surface area contributed by atoms with Gasteiger partial charge in [-0.05, 0) is 37.6 Å². The van der Waals surface area contributed by atoms with Gasteiger partial charge in [0.2, 0.25) is 0 Å². The van der Waals surface area contributed by atoms with Gasteiger partial charge in [0, 0.05) is 18.7 Å². The second-order valence-corrected chi connectivity index (χ2v) is 5.41. The molecule has 0 aliphatic heterocycles. The molecule has 0 saturated carbocycles. The number of ether oxygens (including phenoxy) is 1. The minimum atomic E-state index is -0.348. The van der Waals surface area contributed by atoms with Crippen LogP contribution < -0.4 is 10.1 Å². The van der Waals surface area contributed by atoms with E-state index in [1.807, 2.05) is 32.0 Å². The fourth-order valence-corrected chi connectivity index (χ4v) is 2.27. The summed E-state index contributed by atoms with van der Waals surface area (Å²) in [7, 11) is 0. The topological polar surface area (TPSA) is 41.5 Å². The number of hydrogen-bond acceptors (Lipinski definition) is 3. The van der Waals surface area contributed by atoms with Gasteiger partial charge >= 0.3 is 0 Å². The van der Waals surface area contributed by atoms with Crippen molar-refractivity contribution in [1.29, 1.82) is 0 Å². The van der Waals surface area contributed by atoms with Crippen molar-refractivity contribution in [2.75, 3.05) is 6.54 Å². The Morgan fingerprint density at radius 1 is 1.10 bits per heavy atom. The predicted molar refractivity (Wildman–Crippen MR) is 83.1 cm³/mol. The fourth-order valence-electron chi connectivity index (χ4n) is 2.27. The molecule has 3 nitrogen and oxygen atoms in total. The molecule has 0 bridgehead atoms. The third-order valence-electron chi connectivity index (χ3n) is 3.10. The number of nitrogens with one attached hydrogen (secondary N) is 1. The Hall–Kier alpha value is -1.58. The lowest BCUT2D eigenvalue weighted by atomic mass is 10.0. The van der Waals surface area contributed by atoms with E-state index in [1.54, 1.807) is 6.92 Å². The van der Waals surface area contributed by atoms with Crippen LogP contribution in [0.4, 0.5) is 0 Å². The van der Waals surface area contributed by atoms with Gasteiger partial charge in [-0.3, -0.25) is 0 Å².